The molecule has 156 valence electrons. The average Bonchev–Trinajstić information content (AvgIpc) is 3.09. The zero-order chi connectivity index (χ0) is 20.1. The second-order valence-corrected chi connectivity index (χ2v) is 9.22. The van der Waals surface area contributed by atoms with Crippen molar-refractivity contribution >= 4 is 12.1 Å². The third-order valence-corrected chi connectivity index (χ3v) is 6.12. The van der Waals surface area contributed by atoms with Gasteiger partial charge in [-0.3, -0.25) is 0 Å². The first kappa shape index (κ1) is 22.0. The average molecular weight is 384 g/mol. The van der Waals surface area contributed by atoms with Crippen LogP contribution in [-0.2, 0) is 9.53 Å². The topological polar surface area (TPSA) is 105 Å². The number of ether oxygens (including phenoxy) is 1. The molecule has 1 atom stereocenters. The quantitative estimate of drug-likeness (QED) is 0.624. The van der Waals surface area contributed by atoms with Crippen LogP contribution in [0.25, 0.3) is 0 Å². The minimum atomic E-state index is -0.984. The maximum absolute atomic E-state index is 12.2. The first-order valence-electron chi connectivity index (χ1n) is 10.3. The molecule has 0 aromatic heterocycles. The Morgan fingerprint density at radius 2 is 1.85 bits per heavy atom. The summed E-state index contributed by atoms with van der Waals surface area (Å²) in [6.07, 6.45) is 6.52. The van der Waals surface area contributed by atoms with E-state index >= 15 is 0 Å². The molecule has 0 spiro atoms. The number of amides is 1. The maximum Gasteiger partial charge on any atom is 0.408 e. The summed E-state index contributed by atoms with van der Waals surface area (Å²) >= 11 is 0. The molecule has 1 heterocycles. The summed E-state index contributed by atoms with van der Waals surface area (Å²) < 4.78 is 5.28. The van der Waals surface area contributed by atoms with Gasteiger partial charge in [0.05, 0.1) is 0 Å². The zero-order valence-corrected chi connectivity index (χ0v) is 17.1. The third-order valence-electron chi connectivity index (χ3n) is 6.12. The largest absolute Gasteiger partial charge is 0.480 e. The fourth-order valence-electron chi connectivity index (χ4n) is 4.78. The molecule has 0 bridgehead atoms. The molecule has 4 N–H and O–H groups in total. The van der Waals surface area contributed by atoms with Crippen LogP contribution in [0.3, 0.4) is 0 Å². The highest BCUT2D eigenvalue weighted by Gasteiger charge is 2.45. The minimum absolute atomic E-state index is 0.0281. The second kappa shape index (κ2) is 9.24. The molecule has 1 amide bonds. The molecule has 0 aromatic carbocycles. The summed E-state index contributed by atoms with van der Waals surface area (Å²) in [4.78, 5) is 26.4. The number of hydrogen-bond acceptors (Lipinski definition) is 5. The van der Waals surface area contributed by atoms with E-state index in [0.717, 1.165) is 45.3 Å². The van der Waals surface area contributed by atoms with Gasteiger partial charge in [-0.25, -0.2) is 9.59 Å². The Morgan fingerprint density at radius 3 is 2.33 bits per heavy atom. The van der Waals surface area contributed by atoms with Crippen LogP contribution in [0.5, 0.6) is 0 Å². The molecule has 2 aliphatic rings. The predicted molar refractivity (Wildman–Crippen MR) is 105 cm³/mol. The highest BCUT2D eigenvalue weighted by molar-refractivity contribution is 5.80. The number of alkyl carbamates (subject to hydrolysis) is 1. The molecular formula is C20H37N3O4. The van der Waals surface area contributed by atoms with E-state index < -0.39 is 23.7 Å². The van der Waals surface area contributed by atoms with E-state index in [0.29, 0.717) is 18.9 Å². The van der Waals surface area contributed by atoms with Crippen molar-refractivity contribution in [2.24, 2.45) is 17.1 Å². The molecule has 2 fully saturated rings. The second-order valence-electron chi connectivity index (χ2n) is 9.22. The number of hydrogen-bond donors (Lipinski definition) is 3. The van der Waals surface area contributed by atoms with Crippen molar-refractivity contribution in [3.8, 4) is 0 Å². The standard InChI is InChI=1S/C20H37N3O4/c1-19(2,3)27-18(26)22-16(17(24)25)14-20(15-6-4-5-7-15)8-11-23(12-9-20)13-10-21/h15-16H,4-14,21H2,1-3H3,(H,22,26)(H,24,25)/t16-/m0/s1. The summed E-state index contributed by atoms with van der Waals surface area (Å²) in [5.41, 5.74) is 5.02. The third kappa shape index (κ3) is 6.35. The fourth-order valence-corrected chi connectivity index (χ4v) is 4.78. The molecule has 27 heavy (non-hydrogen) atoms. The van der Waals surface area contributed by atoms with Crippen molar-refractivity contribution in [1.29, 1.82) is 0 Å². The Morgan fingerprint density at radius 1 is 1.26 bits per heavy atom. The van der Waals surface area contributed by atoms with Gasteiger partial charge >= 0.3 is 12.1 Å². The van der Waals surface area contributed by atoms with Crippen molar-refractivity contribution < 1.29 is 19.4 Å². The van der Waals surface area contributed by atoms with Gasteiger partial charge in [0, 0.05) is 13.1 Å². The first-order chi connectivity index (χ1) is 12.6. The van der Waals surface area contributed by atoms with Crippen LogP contribution < -0.4 is 11.1 Å². The lowest BCUT2D eigenvalue weighted by Crippen LogP contribution is -2.51. The van der Waals surface area contributed by atoms with Gasteiger partial charge in [0.2, 0.25) is 0 Å². The highest BCUT2D eigenvalue weighted by Crippen LogP contribution is 2.49. The van der Waals surface area contributed by atoms with Crippen molar-refractivity contribution in [2.75, 3.05) is 26.2 Å². The molecule has 1 aliphatic heterocycles. The maximum atomic E-state index is 12.2. The number of carboxylic acids is 1. The molecule has 0 unspecified atom stereocenters. The summed E-state index contributed by atoms with van der Waals surface area (Å²) in [7, 11) is 0. The number of aliphatic carboxylic acids is 1. The smallest absolute Gasteiger partial charge is 0.408 e. The monoisotopic (exact) mass is 383 g/mol. The summed E-state index contributed by atoms with van der Waals surface area (Å²) in [5, 5.41) is 12.4. The van der Waals surface area contributed by atoms with Gasteiger partial charge in [0.1, 0.15) is 11.6 Å². The number of carboxylic acid groups (broad SMARTS) is 1. The summed E-state index contributed by atoms with van der Waals surface area (Å²) in [6.45, 7) is 8.76. The Kier molecular flexibility index (Phi) is 7.51. The van der Waals surface area contributed by atoms with E-state index in [-0.39, 0.29) is 5.41 Å². The normalized spacial score (nSPS) is 22.4. The predicted octanol–water partition coefficient (Wildman–Crippen LogP) is 2.59. The first-order valence-corrected chi connectivity index (χ1v) is 10.3. The summed E-state index contributed by atoms with van der Waals surface area (Å²) in [5.74, 6) is -0.442. The molecule has 1 aliphatic carbocycles. The molecule has 7 heteroatoms. The van der Waals surface area contributed by atoms with Crippen LogP contribution in [0.15, 0.2) is 0 Å². The molecule has 7 nitrogen and oxygen atoms in total. The molecule has 2 rings (SSSR count). The van der Waals surface area contributed by atoms with Crippen molar-refractivity contribution in [2.45, 2.75) is 77.4 Å². The highest BCUT2D eigenvalue weighted by atomic mass is 16.6. The van der Waals surface area contributed by atoms with Gasteiger partial charge in [-0.15, -0.1) is 0 Å². The van der Waals surface area contributed by atoms with E-state index in [1.165, 1.54) is 12.8 Å². The minimum Gasteiger partial charge on any atom is -0.480 e. The van der Waals surface area contributed by atoms with Crippen LogP contribution in [0, 0.1) is 11.3 Å². The van der Waals surface area contributed by atoms with Crippen LogP contribution >= 0.6 is 0 Å². The van der Waals surface area contributed by atoms with Crippen molar-refractivity contribution in [3.63, 3.8) is 0 Å². The number of carbonyl (C=O) groups is 2. The number of piperidine rings is 1. The Labute approximate surface area is 163 Å². The number of nitrogens with two attached hydrogens (primary N) is 1. The Hall–Kier alpha value is -1.34. The van der Waals surface area contributed by atoms with Gasteiger partial charge in [-0.1, -0.05) is 12.8 Å². The van der Waals surface area contributed by atoms with E-state index in [1.807, 2.05) is 0 Å². The van der Waals surface area contributed by atoms with E-state index in [4.69, 9.17) is 10.5 Å². The lowest BCUT2D eigenvalue weighted by atomic mass is 9.64. The molecule has 1 saturated carbocycles. The number of nitrogens with one attached hydrogen (secondary N) is 1. The van der Waals surface area contributed by atoms with Gasteiger partial charge in [0.25, 0.3) is 0 Å². The lowest BCUT2D eigenvalue weighted by Gasteiger charge is -2.47. The van der Waals surface area contributed by atoms with Crippen LogP contribution in [-0.4, -0.2) is 59.9 Å². The van der Waals surface area contributed by atoms with Crippen molar-refractivity contribution in [1.82, 2.24) is 10.2 Å². The van der Waals surface area contributed by atoms with E-state index in [2.05, 4.69) is 10.2 Å². The number of nitrogens with zero attached hydrogens (tertiary/aromatic N) is 1. The van der Waals surface area contributed by atoms with Crippen LogP contribution in [0.1, 0.15) is 65.7 Å². The van der Waals surface area contributed by atoms with Crippen LogP contribution in [0.4, 0.5) is 4.79 Å². The van der Waals surface area contributed by atoms with E-state index in [9.17, 15) is 14.7 Å². The van der Waals surface area contributed by atoms with Gasteiger partial charge in [-0.05, 0) is 77.3 Å². The number of likely N-dealkylation sites (tertiary alicyclic amines) is 1. The zero-order valence-electron chi connectivity index (χ0n) is 17.1. The molecule has 1 saturated heterocycles. The lowest BCUT2D eigenvalue weighted by molar-refractivity contribution is -0.141. The van der Waals surface area contributed by atoms with Crippen LogP contribution in [0.2, 0.25) is 0 Å². The number of carbonyl (C=O) groups excluding carboxylic acids is 1. The Balaban J connectivity index is 2.09. The van der Waals surface area contributed by atoms with Gasteiger partial charge < -0.3 is 25.8 Å². The fraction of sp³-hybridized carbons (Fsp3) is 0.900. The SMILES string of the molecule is CC(C)(C)OC(=O)N[C@@H](CC1(C2CCCC2)CCN(CCN)CC1)C(=O)O. The van der Waals surface area contributed by atoms with Gasteiger partial charge in [-0.2, -0.15) is 0 Å². The number of rotatable bonds is 7. The molecule has 0 radical (unpaired) electrons. The van der Waals surface area contributed by atoms with Gasteiger partial charge in [0.15, 0.2) is 0 Å². The molecular weight excluding hydrogens is 346 g/mol. The van der Waals surface area contributed by atoms with Crippen molar-refractivity contribution in [3.05, 3.63) is 0 Å². The summed E-state index contributed by atoms with van der Waals surface area (Å²) in [6, 6.07) is -0.915. The Bertz CT molecular complexity index is 504. The van der Waals surface area contributed by atoms with E-state index in [1.54, 1.807) is 20.8 Å². The molecule has 0 aromatic rings.